The number of benzene rings is 1. The molecule has 0 heterocycles. The van der Waals surface area contributed by atoms with Crippen LogP contribution >= 0.6 is 0 Å². The van der Waals surface area contributed by atoms with Gasteiger partial charge in [0.15, 0.2) is 0 Å². The molecule has 0 aliphatic rings. The second-order valence-corrected chi connectivity index (χ2v) is 3.58. The first-order chi connectivity index (χ1) is 7.63. The van der Waals surface area contributed by atoms with E-state index < -0.39 is 5.97 Å². The van der Waals surface area contributed by atoms with Crippen molar-refractivity contribution in [3.63, 3.8) is 0 Å². The molecule has 86 valence electrons. The Balaban J connectivity index is 2.82. The average Bonchev–Trinajstić information content (AvgIpc) is 2.26. The molecule has 1 rings (SSSR count). The van der Waals surface area contributed by atoms with Crippen LogP contribution in [0.1, 0.15) is 19.4 Å². The molecule has 3 heteroatoms. The van der Waals surface area contributed by atoms with Crippen LogP contribution in [0.25, 0.3) is 6.08 Å². The fourth-order valence-corrected chi connectivity index (χ4v) is 1.17. The number of methoxy groups -OCH3 is 1. The van der Waals surface area contributed by atoms with Crippen molar-refractivity contribution in [2.75, 3.05) is 7.11 Å². The first-order valence-corrected chi connectivity index (χ1v) is 5.15. The van der Waals surface area contributed by atoms with Gasteiger partial charge in [0.2, 0.25) is 5.76 Å². The van der Waals surface area contributed by atoms with Gasteiger partial charge in [-0.15, -0.1) is 0 Å². The Morgan fingerprint density at radius 3 is 2.38 bits per heavy atom. The Morgan fingerprint density at radius 2 is 1.88 bits per heavy atom. The van der Waals surface area contributed by atoms with E-state index in [1.807, 2.05) is 30.3 Å². The third-order valence-corrected chi connectivity index (χ3v) is 1.86. The summed E-state index contributed by atoms with van der Waals surface area (Å²) in [5, 5.41) is 0. The van der Waals surface area contributed by atoms with E-state index in [1.165, 1.54) is 7.11 Å². The third kappa shape index (κ3) is 3.77. The lowest BCUT2D eigenvalue weighted by atomic mass is 10.2. The maximum Gasteiger partial charge on any atom is 0.373 e. The van der Waals surface area contributed by atoms with E-state index in [-0.39, 0.29) is 11.9 Å². The standard InChI is InChI=1S/C13H16O3/c1-10(2)16-13(14)12(15-3)9-11-7-5-4-6-8-11/h4-10H,1-3H3/b12-9+. The van der Waals surface area contributed by atoms with E-state index in [2.05, 4.69) is 0 Å². The number of ether oxygens (including phenoxy) is 2. The number of carbonyl (C=O) groups excluding carboxylic acids is 1. The summed E-state index contributed by atoms with van der Waals surface area (Å²) in [4.78, 5) is 11.6. The van der Waals surface area contributed by atoms with Gasteiger partial charge in [-0.1, -0.05) is 30.3 Å². The summed E-state index contributed by atoms with van der Waals surface area (Å²) in [6.07, 6.45) is 1.51. The molecule has 0 saturated carbocycles. The first kappa shape index (κ1) is 12.3. The van der Waals surface area contributed by atoms with Gasteiger partial charge in [0.1, 0.15) is 0 Å². The highest BCUT2D eigenvalue weighted by Gasteiger charge is 2.12. The quantitative estimate of drug-likeness (QED) is 0.444. The van der Waals surface area contributed by atoms with Gasteiger partial charge in [0, 0.05) is 0 Å². The highest BCUT2D eigenvalue weighted by Crippen LogP contribution is 2.09. The molecule has 0 fully saturated rings. The smallest absolute Gasteiger partial charge is 0.373 e. The van der Waals surface area contributed by atoms with E-state index in [0.29, 0.717) is 0 Å². The van der Waals surface area contributed by atoms with Gasteiger partial charge in [-0.25, -0.2) is 4.79 Å². The summed E-state index contributed by atoms with van der Waals surface area (Å²) in [5.41, 5.74) is 0.903. The summed E-state index contributed by atoms with van der Waals surface area (Å²) < 4.78 is 10.0. The van der Waals surface area contributed by atoms with Gasteiger partial charge in [-0.2, -0.15) is 0 Å². The summed E-state index contributed by atoms with van der Waals surface area (Å²) in [7, 11) is 1.45. The van der Waals surface area contributed by atoms with E-state index in [9.17, 15) is 4.79 Å². The Labute approximate surface area is 95.7 Å². The minimum absolute atomic E-state index is 0.151. The second-order valence-electron chi connectivity index (χ2n) is 3.58. The van der Waals surface area contributed by atoms with Crippen LogP contribution in [0.5, 0.6) is 0 Å². The summed E-state index contributed by atoms with van der Waals surface area (Å²) in [6, 6.07) is 9.49. The first-order valence-electron chi connectivity index (χ1n) is 5.15. The lowest BCUT2D eigenvalue weighted by Crippen LogP contribution is -2.14. The van der Waals surface area contributed by atoms with Crippen LogP contribution in [0.3, 0.4) is 0 Å². The summed E-state index contributed by atoms with van der Waals surface area (Å²) >= 11 is 0. The van der Waals surface area contributed by atoms with Crippen LogP contribution in [-0.2, 0) is 14.3 Å². The molecule has 0 aliphatic carbocycles. The lowest BCUT2D eigenvalue weighted by molar-refractivity contribution is -0.146. The number of carbonyl (C=O) groups is 1. The van der Waals surface area contributed by atoms with Crippen molar-refractivity contribution in [3.8, 4) is 0 Å². The van der Waals surface area contributed by atoms with Gasteiger partial charge in [-0.05, 0) is 25.5 Å². The zero-order valence-corrected chi connectivity index (χ0v) is 9.77. The topological polar surface area (TPSA) is 35.5 Å². The summed E-state index contributed by atoms with van der Waals surface area (Å²) in [6.45, 7) is 3.60. The van der Waals surface area contributed by atoms with Crippen LogP contribution < -0.4 is 0 Å². The minimum Gasteiger partial charge on any atom is -0.490 e. The Bertz CT molecular complexity index is 366. The number of hydrogen-bond acceptors (Lipinski definition) is 3. The highest BCUT2D eigenvalue weighted by molar-refractivity contribution is 5.91. The van der Waals surface area contributed by atoms with Gasteiger partial charge < -0.3 is 9.47 Å². The normalized spacial score (nSPS) is 11.4. The SMILES string of the molecule is CO/C(=C/c1ccccc1)C(=O)OC(C)C. The molecule has 0 bridgehead atoms. The largest absolute Gasteiger partial charge is 0.490 e. The molecule has 0 N–H and O–H groups in total. The van der Waals surface area contributed by atoms with Gasteiger partial charge in [0.25, 0.3) is 0 Å². The van der Waals surface area contributed by atoms with Crippen molar-refractivity contribution in [3.05, 3.63) is 41.7 Å². The molecule has 0 atom stereocenters. The molecule has 0 radical (unpaired) electrons. The van der Waals surface area contributed by atoms with Crippen molar-refractivity contribution in [2.45, 2.75) is 20.0 Å². The molecule has 0 aliphatic heterocycles. The van der Waals surface area contributed by atoms with E-state index in [1.54, 1.807) is 19.9 Å². The van der Waals surface area contributed by atoms with Crippen molar-refractivity contribution in [2.24, 2.45) is 0 Å². The van der Waals surface area contributed by atoms with Crippen LogP contribution in [0, 0.1) is 0 Å². The zero-order chi connectivity index (χ0) is 12.0. The molecule has 1 aromatic carbocycles. The van der Waals surface area contributed by atoms with Gasteiger partial charge in [-0.3, -0.25) is 0 Å². The zero-order valence-electron chi connectivity index (χ0n) is 9.77. The predicted octanol–water partition coefficient (Wildman–Crippen LogP) is 2.63. The lowest BCUT2D eigenvalue weighted by Gasteiger charge is -2.09. The van der Waals surface area contributed by atoms with Crippen LogP contribution in [-0.4, -0.2) is 19.2 Å². The molecule has 0 spiro atoms. The molecule has 0 aromatic heterocycles. The highest BCUT2D eigenvalue weighted by atomic mass is 16.6. The van der Waals surface area contributed by atoms with Crippen LogP contribution in [0.2, 0.25) is 0 Å². The maximum atomic E-state index is 11.6. The van der Waals surface area contributed by atoms with Crippen LogP contribution in [0.4, 0.5) is 0 Å². The fraction of sp³-hybridized carbons (Fsp3) is 0.308. The molecule has 0 unspecified atom stereocenters. The number of hydrogen-bond donors (Lipinski definition) is 0. The Hall–Kier alpha value is -1.77. The van der Waals surface area contributed by atoms with Crippen molar-refractivity contribution in [1.82, 2.24) is 0 Å². The molecule has 3 nitrogen and oxygen atoms in total. The van der Waals surface area contributed by atoms with E-state index in [4.69, 9.17) is 9.47 Å². The van der Waals surface area contributed by atoms with Crippen LogP contribution in [0.15, 0.2) is 36.1 Å². The monoisotopic (exact) mass is 220 g/mol. The van der Waals surface area contributed by atoms with Crippen molar-refractivity contribution < 1.29 is 14.3 Å². The maximum absolute atomic E-state index is 11.6. The molecular weight excluding hydrogens is 204 g/mol. The molecule has 16 heavy (non-hydrogen) atoms. The summed E-state index contributed by atoms with van der Waals surface area (Å²) in [5.74, 6) is -0.235. The molecular formula is C13H16O3. The Morgan fingerprint density at radius 1 is 1.25 bits per heavy atom. The minimum atomic E-state index is -0.443. The van der Waals surface area contributed by atoms with Crippen molar-refractivity contribution in [1.29, 1.82) is 0 Å². The molecule has 0 saturated heterocycles. The van der Waals surface area contributed by atoms with E-state index in [0.717, 1.165) is 5.56 Å². The molecule has 1 aromatic rings. The predicted molar refractivity (Wildman–Crippen MR) is 62.7 cm³/mol. The van der Waals surface area contributed by atoms with E-state index >= 15 is 0 Å². The van der Waals surface area contributed by atoms with Crippen molar-refractivity contribution >= 4 is 12.0 Å². The number of esters is 1. The average molecular weight is 220 g/mol. The fourth-order valence-electron chi connectivity index (χ4n) is 1.17. The third-order valence-electron chi connectivity index (χ3n) is 1.86. The second kappa shape index (κ2) is 5.95. The number of rotatable bonds is 4. The molecule has 0 amide bonds. The van der Waals surface area contributed by atoms with Gasteiger partial charge >= 0.3 is 5.97 Å². The Kier molecular flexibility index (Phi) is 4.58. The van der Waals surface area contributed by atoms with Gasteiger partial charge in [0.05, 0.1) is 13.2 Å².